The summed E-state index contributed by atoms with van der Waals surface area (Å²) < 4.78 is 15.6. The number of rotatable bonds is 11. The molecule has 3 aromatic carbocycles. The summed E-state index contributed by atoms with van der Waals surface area (Å²) in [6.45, 7) is 1.63. The summed E-state index contributed by atoms with van der Waals surface area (Å²) in [5.74, 6) is -1.13. The van der Waals surface area contributed by atoms with Crippen LogP contribution in [0.5, 0.6) is 11.5 Å². The molecule has 0 saturated carbocycles. The summed E-state index contributed by atoms with van der Waals surface area (Å²) >= 11 is 2.23. The van der Waals surface area contributed by atoms with Crippen molar-refractivity contribution in [2.75, 3.05) is 43.0 Å². The van der Waals surface area contributed by atoms with Crippen molar-refractivity contribution >= 4 is 63.2 Å². The molecule has 1 heterocycles. The van der Waals surface area contributed by atoms with E-state index in [-0.39, 0.29) is 32.7 Å². The van der Waals surface area contributed by atoms with E-state index in [2.05, 4.69) is 16.0 Å². The minimum atomic E-state index is -0.661. The lowest BCUT2D eigenvalue weighted by molar-refractivity contribution is -0.113. The van der Waals surface area contributed by atoms with Crippen LogP contribution < -0.4 is 25.4 Å². The van der Waals surface area contributed by atoms with E-state index in [4.69, 9.17) is 14.2 Å². The molecule has 12 heteroatoms. The maximum absolute atomic E-state index is 13.0. The zero-order valence-electron chi connectivity index (χ0n) is 23.8. The van der Waals surface area contributed by atoms with Crippen molar-refractivity contribution < 1.29 is 33.4 Å². The standard InChI is InChI=1S/C31H29N3O7S2/c1-18-25(31(38)41-4)30(43-27(18)29(37)32-19-10-6-5-7-11-19)34-24(35)17-42-21-13-8-12-20(16-21)33-28(36)26-22(39-2)14-9-15-23(26)40-3/h5-16H,17H2,1-4H3,(H,32,37)(H,33,36)(H,34,35). The number of hydrogen-bond donors (Lipinski definition) is 3. The van der Waals surface area contributed by atoms with Gasteiger partial charge in [-0.05, 0) is 55.0 Å². The summed E-state index contributed by atoms with van der Waals surface area (Å²) in [6, 6.07) is 21.0. The highest BCUT2D eigenvalue weighted by molar-refractivity contribution is 8.00. The number of benzene rings is 3. The Bertz CT molecular complexity index is 1630. The van der Waals surface area contributed by atoms with Crippen LogP contribution in [0.15, 0.2) is 77.7 Å². The van der Waals surface area contributed by atoms with Gasteiger partial charge in [0.25, 0.3) is 11.8 Å². The number of esters is 1. The van der Waals surface area contributed by atoms with E-state index in [0.29, 0.717) is 28.4 Å². The van der Waals surface area contributed by atoms with E-state index in [1.54, 1.807) is 73.7 Å². The fourth-order valence-corrected chi connectivity index (χ4v) is 5.98. The SMILES string of the molecule is COC(=O)c1c(NC(=O)CSc2cccc(NC(=O)c3c(OC)cccc3OC)c2)sc(C(=O)Nc2ccccc2)c1C. The van der Waals surface area contributed by atoms with Gasteiger partial charge in [0.05, 0.1) is 37.5 Å². The lowest BCUT2D eigenvalue weighted by Crippen LogP contribution is -2.16. The number of amides is 3. The van der Waals surface area contributed by atoms with E-state index in [0.717, 1.165) is 16.2 Å². The molecule has 43 heavy (non-hydrogen) atoms. The number of carbonyl (C=O) groups excluding carboxylic acids is 4. The molecular formula is C31H29N3O7S2. The number of carbonyl (C=O) groups is 4. The summed E-state index contributed by atoms with van der Waals surface area (Å²) in [5, 5.41) is 8.61. The molecule has 4 rings (SSSR count). The van der Waals surface area contributed by atoms with Gasteiger partial charge in [0.15, 0.2) is 0 Å². The van der Waals surface area contributed by atoms with Crippen LogP contribution in [0, 0.1) is 6.92 Å². The van der Waals surface area contributed by atoms with Gasteiger partial charge in [0.1, 0.15) is 22.1 Å². The summed E-state index contributed by atoms with van der Waals surface area (Å²) in [7, 11) is 4.18. The van der Waals surface area contributed by atoms with Crippen LogP contribution in [0.3, 0.4) is 0 Å². The molecule has 3 amide bonds. The molecule has 1 aromatic heterocycles. The van der Waals surface area contributed by atoms with E-state index in [1.165, 1.54) is 33.1 Å². The highest BCUT2D eigenvalue weighted by Crippen LogP contribution is 2.35. The highest BCUT2D eigenvalue weighted by Gasteiger charge is 2.26. The third-order valence-electron chi connectivity index (χ3n) is 6.14. The van der Waals surface area contributed by atoms with E-state index in [1.807, 2.05) is 6.07 Å². The van der Waals surface area contributed by atoms with Gasteiger partial charge in [-0.15, -0.1) is 23.1 Å². The normalized spacial score (nSPS) is 10.4. The Hall–Kier alpha value is -4.81. The van der Waals surface area contributed by atoms with Crippen molar-refractivity contribution in [3.8, 4) is 11.5 Å². The lowest BCUT2D eigenvalue weighted by atomic mass is 10.1. The van der Waals surface area contributed by atoms with Crippen molar-refractivity contribution in [3.05, 3.63) is 94.4 Å². The first-order valence-electron chi connectivity index (χ1n) is 12.9. The minimum absolute atomic E-state index is 0.000829. The molecule has 0 saturated heterocycles. The molecule has 0 fully saturated rings. The number of anilines is 3. The third-order valence-corrected chi connectivity index (χ3v) is 8.34. The van der Waals surface area contributed by atoms with Gasteiger partial charge in [-0.1, -0.05) is 30.3 Å². The Morgan fingerprint density at radius 2 is 1.37 bits per heavy atom. The molecule has 222 valence electrons. The predicted molar refractivity (Wildman–Crippen MR) is 168 cm³/mol. The second kappa shape index (κ2) is 14.4. The second-order valence-electron chi connectivity index (χ2n) is 8.93. The largest absolute Gasteiger partial charge is 0.496 e. The van der Waals surface area contributed by atoms with E-state index < -0.39 is 17.8 Å². The number of thioether (sulfide) groups is 1. The van der Waals surface area contributed by atoms with Crippen molar-refractivity contribution in [3.63, 3.8) is 0 Å². The summed E-state index contributed by atoms with van der Waals surface area (Å²) in [6.07, 6.45) is 0. The smallest absolute Gasteiger partial charge is 0.341 e. The molecule has 0 atom stereocenters. The van der Waals surface area contributed by atoms with Crippen LogP contribution in [-0.2, 0) is 9.53 Å². The molecule has 4 aromatic rings. The van der Waals surface area contributed by atoms with Gasteiger partial charge in [0.2, 0.25) is 5.91 Å². The average molecular weight is 620 g/mol. The fourth-order valence-electron chi connectivity index (χ4n) is 4.12. The number of nitrogens with one attached hydrogen (secondary N) is 3. The minimum Gasteiger partial charge on any atom is -0.496 e. The van der Waals surface area contributed by atoms with Crippen LogP contribution >= 0.6 is 23.1 Å². The zero-order chi connectivity index (χ0) is 30.9. The number of para-hydroxylation sites is 1. The Labute approximate surface area is 256 Å². The third kappa shape index (κ3) is 7.53. The molecule has 0 aliphatic heterocycles. The quantitative estimate of drug-likeness (QED) is 0.136. The van der Waals surface area contributed by atoms with Crippen molar-refractivity contribution in [1.29, 1.82) is 0 Å². The Morgan fingerprint density at radius 1 is 0.744 bits per heavy atom. The summed E-state index contributed by atoms with van der Waals surface area (Å²) in [4.78, 5) is 52.5. The maximum Gasteiger partial charge on any atom is 0.341 e. The number of hydrogen-bond acceptors (Lipinski definition) is 9. The molecule has 0 unspecified atom stereocenters. The Kier molecular flexibility index (Phi) is 10.4. The maximum atomic E-state index is 13.0. The van der Waals surface area contributed by atoms with E-state index >= 15 is 0 Å². The molecule has 3 N–H and O–H groups in total. The molecule has 0 aliphatic carbocycles. The monoisotopic (exact) mass is 619 g/mol. The average Bonchev–Trinajstić information content (AvgIpc) is 3.34. The number of methoxy groups -OCH3 is 3. The first-order chi connectivity index (χ1) is 20.7. The first kappa shape index (κ1) is 31.1. The molecule has 0 radical (unpaired) electrons. The van der Waals surface area contributed by atoms with Crippen LogP contribution in [-0.4, -0.2) is 50.8 Å². The van der Waals surface area contributed by atoms with E-state index in [9.17, 15) is 19.2 Å². The number of thiophene rings is 1. The Balaban J connectivity index is 1.44. The van der Waals surface area contributed by atoms with Crippen LogP contribution in [0.4, 0.5) is 16.4 Å². The van der Waals surface area contributed by atoms with Crippen LogP contribution in [0.2, 0.25) is 0 Å². The zero-order valence-corrected chi connectivity index (χ0v) is 25.4. The molecule has 0 spiro atoms. The fraction of sp³-hybridized carbons (Fsp3) is 0.161. The molecule has 0 bridgehead atoms. The van der Waals surface area contributed by atoms with Gasteiger partial charge < -0.3 is 30.2 Å². The molecule has 10 nitrogen and oxygen atoms in total. The van der Waals surface area contributed by atoms with Gasteiger partial charge >= 0.3 is 5.97 Å². The van der Waals surface area contributed by atoms with Crippen molar-refractivity contribution in [2.45, 2.75) is 11.8 Å². The first-order valence-corrected chi connectivity index (χ1v) is 14.7. The topological polar surface area (TPSA) is 132 Å². The molecular weight excluding hydrogens is 590 g/mol. The van der Waals surface area contributed by atoms with Gasteiger partial charge in [0, 0.05) is 16.3 Å². The van der Waals surface area contributed by atoms with Crippen molar-refractivity contribution in [1.82, 2.24) is 0 Å². The Morgan fingerprint density at radius 3 is 2.02 bits per heavy atom. The van der Waals surface area contributed by atoms with Gasteiger partial charge in [-0.25, -0.2) is 4.79 Å². The second-order valence-corrected chi connectivity index (χ2v) is 11.0. The molecule has 0 aliphatic rings. The lowest BCUT2D eigenvalue weighted by Gasteiger charge is -2.13. The predicted octanol–water partition coefficient (Wildman–Crippen LogP) is 6.10. The van der Waals surface area contributed by atoms with Crippen molar-refractivity contribution in [2.24, 2.45) is 0 Å². The number of ether oxygens (including phenoxy) is 3. The van der Waals surface area contributed by atoms with Gasteiger partial charge in [-0.2, -0.15) is 0 Å². The highest BCUT2D eigenvalue weighted by atomic mass is 32.2. The van der Waals surface area contributed by atoms with Crippen LogP contribution in [0.1, 0.15) is 36.0 Å². The van der Waals surface area contributed by atoms with Gasteiger partial charge in [-0.3, -0.25) is 14.4 Å². The summed E-state index contributed by atoms with van der Waals surface area (Å²) in [5.41, 5.74) is 1.90. The van der Waals surface area contributed by atoms with Crippen LogP contribution in [0.25, 0.3) is 0 Å².